The Morgan fingerprint density at radius 2 is 2.62 bits per heavy atom. The van der Waals surface area contributed by atoms with E-state index < -0.39 is 0 Å². The summed E-state index contributed by atoms with van der Waals surface area (Å²) in [6.07, 6.45) is 1.75. The van der Waals surface area contributed by atoms with Gasteiger partial charge in [-0.2, -0.15) is 4.98 Å². The Morgan fingerprint density at radius 3 is 2.88 bits per heavy atom. The molecule has 8 heavy (non-hydrogen) atoms. The number of halogens is 1. The molecule has 4 heteroatoms. The number of aldehydes is 1. The fourth-order valence-corrected chi connectivity index (χ4v) is 0.459. The molecule has 0 fully saturated rings. The van der Waals surface area contributed by atoms with E-state index in [2.05, 4.69) is 9.40 Å². The molecule has 0 amide bonds. The van der Waals surface area contributed by atoms with Crippen molar-refractivity contribution in [1.82, 2.24) is 4.98 Å². The topological polar surface area (TPSA) is 43.1 Å². The lowest BCUT2D eigenvalue weighted by molar-refractivity contribution is 0.111. The fraction of sp³-hybridized carbons (Fsp3) is 0. The number of hydrogen-bond donors (Lipinski definition) is 0. The van der Waals surface area contributed by atoms with Crippen molar-refractivity contribution < 1.29 is 9.21 Å². The van der Waals surface area contributed by atoms with E-state index in [0.29, 0.717) is 6.29 Å². The third kappa shape index (κ3) is 0.869. The first kappa shape index (κ1) is 5.31. The van der Waals surface area contributed by atoms with Gasteiger partial charge in [0.1, 0.15) is 12.0 Å². The van der Waals surface area contributed by atoms with Crippen LogP contribution in [-0.4, -0.2) is 11.3 Å². The van der Waals surface area contributed by atoms with Crippen molar-refractivity contribution >= 4 is 17.9 Å². The molecular weight excluding hydrogens is 130 g/mol. The smallest absolute Gasteiger partial charge is 0.292 e. The summed E-state index contributed by atoms with van der Waals surface area (Å²) < 4.78 is 4.48. The van der Waals surface area contributed by atoms with E-state index in [1.807, 2.05) is 0 Å². The standard InChI is InChI=1S/C4H2ClNO2/c5-4-6-3(1-7)2-8-4/h1-2H. The van der Waals surface area contributed by atoms with E-state index in [4.69, 9.17) is 11.6 Å². The van der Waals surface area contributed by atoms with Gasteiger partial charge in [0.05, 0.1) is 0 Å². The van der Waals surface area contributed by atoms with Crippen LogP contribution in [0, 0.1) is 0 Å². The molecule has 0 aliphatic heterocycles. The number of carbonyl (C=O) groups excluding carboxylic acids is 1. The molecule has 1 aromatic rings. The summed E-state index contributed by atoms with van der Waals surface area (Å²) in [4.78, 5) is 13.3. The van der Waals surface area contributed by atoms with Gasteiger partial charge in [0.25, 0.3) is 5.35 Å². The van der Waals surface area contributed by atoms with Crippen LogP contribution in [0.1, 0.15) is 10.5 Å². The Labute approximate surface area is 50.3 Å². The van der Waals surface area contributed by atoms with Gasteiger partial charge in [0.2, 0.25) is 0 Å². The second-order valence-electron chi connectivity index (χ2n) is 1.14. The van der Waals surface area contributed by atoms with Crippen LogP contribution in [0.4, 0.5) is 0 Å². The molecular formula is C4H2ClNO2. The molecule has 0 radical (unpaired) electrons. The predicted molar refractivity (Wildman–Crippen MR) is 26.9 cm³/mol. The maximum atomic E-state index is 9.84. The Hall–Kier alpha value is -0.830. The Morgan fingerprint density at radius 1 is 1.88 bits per heavy atom. The van der Waals surface area contributed by atoms with Crippen LogP contribution in [0.15, 0.2) is 10.7 Å². The first-order chi connectivity index (χ1) is 3.83. The molecule has 0 aliphatic rings. The molecule has 0 aromatic carbocycles. The van der Waals surface area contributed by atoms with Crippen molar-refractivity contribution in [3.05, 3.63) is 17.3 Å². The van der Waals surface area contributed by atoms with E-state index in [1.54, 1.807) is 0 Å². The number of aromatic nitrogens is 1. The average molecular weight is 132 g/mol. The molecule has 1 aromatic heterocycles. The zero-order valence-corrected chi connectivity index (χ0v) is 4.55. The molecule has 0 aliphatic carbocycles. The molecule has 0 spiro atoms. The van der Waals surface area contributed by atoms with Crippen LogP contribution < -0.4 is 0 Å². The molecule has 3 nitrogen and oxygen atoms in total. The Bertz CT molecular complexity index is 196. The summed E-state index contributed by atoms with van der Waals surface area (Å²) in [7, 11) is 0. The minimum atomic E-state index is -0.00731. The third-order valence-electron chi connectivity index (χ3n) is 0.615. The minimum absolute atomic E-state index is 0.00731. The first-order valence-corrected chi connectivity index (χ1v) is 2.27. The van der Waals surface area contributed by atoms with Crippen LogP contribution >= 0.6 is 11.6 Å². The van der Waals surface area contributed by atoms with Crippen molar-refractivity contribution in [2.24, 2.45) is 0 Å². The first-order valence-electron chi connectivity index (χ1n) is 1.89. The zero-order chi connectivity index (χ0) is 5.98. The van der Waals surface area contributed by atoms with Crippen LogP contribution in [0.3, 0.4) is 0 Å². The van der Waals surface area contributed by atoms with Gasteiger partial charge < -0.3 is 4.42 Å². The number of oxazole rings is 1. The average Bonchev–Trinajstić information content (AvgIpc) is 2.14. The largest absolute Gasteiger partial charge is 0.435 e. The maximum absolute atomic E-state index is 9.84. The molecule has 0 saturated carbocycles. The highest BCUT2D eigenvalue weighted by Gasteiger charge is 1.95. The Kier molecular flexibility index (Phi) is 1.30. The maximum Gasteiger partial charge on any atom is 0.292 e. The van der Waals surface area contributed by atoms with Crippen LogP contribution in [0.25, 0.3) is 0 Å². The summed E-state index contributed by atoms with van der Waals surface area (Å²) >= 11 is 5.20. The molecule has 1 heterocycles. The number of rotatable bonds is 1. The van der Waals surface area contributed by atoms with Crippen LogP contribution in [-0.2, 0) is 0 Å². The highest BCUT2D eigenvalue weighted by atomic mass is 35.5. The molecule has 0 atom stereocenters. The molecule has 0 unspecified atom stereocenters. The highest BCUT2D eigenvalue weighted by molar-refractivity contribution is 6.27. The Balaban J connectivity index is 3.00. The molecule has 42 valence electrons. The van der Waals surface area contributed by atoms with Crippen LogP contribution in [0.2, 0.25) is 5.35 Å². The van der Waals surface area contributed by atoms with Gasteiger partial charge in [-0.1, -0.05) is 0 Å². The zero-order valence-electron chi connectivity index (χ0n) is 3.80. The van der Waals surface area contributed by atoms with E-state index in [1.165, 1.54) is 6.26 Å². The summed E-state index contributed by atoms with van der Waals surface area (Å²) in [6, 6.07) is 0. The van der Waals surface area contributed by atoms with Gasteiger partial charge in [-0.15, -0.1) is 0 Å². The van der Waals surface area contributed by atoms with Crippen molar-refractivity contribution in [2.45, 2.75) is 0 Å². The lowest BCUT2D eigenvalue weighted by Gasteiger charge is -1.65. The van der Waals surface area contributed by atoms with Gasteiger partial charge in [-0.3, -0.25) is 4.79 Å². The van der Waals surface area contributed by atoms with Crippen molar-refractivity contribution in [3.63, 3.8) is 0 Å². The van der Waals surface area contributed by atoms with E-state index in [0.717, 1.165) is 0 Å². The SMILES string of the molecule is O=Cc1coc(Cl)n1. The predicted octanol–water partition coefficient (Wildman–Crippen LogP) is 1.14. The lowest BCUT2D eigenvalue weighted by atomic mass is 10.6. The fourth-order valence-electron chi connectivity index (χ4n) is 0.317. The minimum Gasteiger partial charge on any atom is -0.435 e. The van der Waals surface area contributed by atoms with Gasteiger partial charge in [0.15, 0.2) is 6.29 Å². The second-order valence-corrected chi connectivity index (χ2v) is 1.47. The highest BCUT2D eigenvalue weighted by Crippen LogP contribution is 2.04. The summed E-state index contributed by atoms with van der Waals surface area (Å²) in [5.74, 6) is 0. The normalized spacial score (nSPS) is 9.12. The number of hydrogen-bond acceptors (Lipinski definition) is 3. The lowest BCUT2D eigenvalue weighted by Crippen LogP contribution is -1.73. The van der Waals surface area contributed by atoms with Gasteiger partial charge in [-0.05, 0) is 11.6 Å². The van der Waals surface area contributed by atoms with E-state index in [-0.39, 0.29) is 11.0 Å². The summed E-state index contributed by atoms with van der Waals surface area (Å²) in [5, 5.41) is -0.00731. The van der Waals surface area contributed by atoms with Gasteiger partial charge in [0, 0.05) is 0 Å². The van der Waals surface area contributed by atoms with Crippen LogP contribution in [0.5, 0.6) is 0 Å². The quantitative estimate of drug-likeness (QED) is 0.537. The monoisotopic (exact) mass is 131 g/mol. The van der Waals surface area contributed by atoms with Crippen molar-refractivity contribution in [3.8, 4) is 0 Å². The van der Waals surface area contributed by atoms with Gasteiger partial charge in [-0.25, -0.2) is 0 Å². The third-order valence-corrected chi connectivity index (χ3v) is 0.788. The molecule has 0 N–H and O–H groups in total. The second kappa shape index (κ2) is 1.96. The van der Waals surface area contributed by atoms with E-state index >= 15 is 0 Å². The summed E-state index contributed by atoms with van der Waals surface area (Å²) in [6.45, 7) is 0. The van der Waals surface area contributed by atoms with E-state index in [9.17, 15) is 4.79 Å². The molecule has 0 bridgehead atoms. The molecule has 0 saturated heterocycles. The van der Waals surface area contributed by atoms with Crippen molar-refractivity contribution in [2.75, 3.05) is 0 Å². The summed E-state index contributed by atoms with van der Waals surface area (Å²) in [5.41, 5.74) is 0.218. The van der Waals surface area contributed by atoms with Gasteiger partial charge >= 0.3 is 0 Å². The molecule has 1 rings (SSSR count). The number of nitrogens with zero attached hydrogens (tertiary/aromatic N) is 1. The van der Waals surface area contributed by atoms with Crippen molar-refractivity contribution in [1.29, 1.82) is 0 Å². The number of carbonyl (C=O) groups is 1.